The molecule has 0 aliphatic rings. The average Bonchev–Trinajstić information content (AvgIpc) is 2.07. The van der Waals surface area contributed by atoms with E-state index in [4.69, 9.17) is 0 Å². The number of carbonyl (C=O) groups excluding carboxylic acids is 1. The number of Topliss-reactive ketones (excluding diaryl/α,β-unsaturated/α-hetero) is 1. The average molecular weight is 285 g/mol. The molecule has 1 aromatic carbocycles. The second kappa shape index (κ2) is 4.58. The van der Waals surface area contributed by atoms with Crippen LogP contribution in [0.2, 0.25) is 0 Å². The van der Waals surface area contributed by atoms with E-state index >= 15 is 0 Å². The van der Waals surface area contributed by atoms with Crippen LogP contribution in [-0.4, -0.2) is 10.9 Å². The molecule has 16 heavy (non-hydrogen) atoms. The molecule has 0 amide bonds. The first-order valence-electron chi connectivity index (χ1n) is 5.23. The number of carbonyl (C=O) groups is 1. The number of hydrogen-bond donors (Lipinski definition) is 1. The molecule has 88 valence electrons. The molecule has 0 aliphatic carbocycles. The number of ketones is 1. The molecule has 0 heterocycles. The lowest BCUT2D eigenvalue weighted by atomic mass is 9.85. The maximum atomic E-state index is 11.1. The molecule has 1 aromatic rings. The quantitative estimate of drug-likeness (QED) is 0.901. The summed E-state index contributed by atoms with van der Waals surface area (Å²) in [6.07, 6.45) is 0.272. The molecule has 1 rings (SSSR count). The summed E-state index contributed by atoms with van der Waals surface area (Å²) in [7, 11) is 0. The van der Waals surface area contributed by atoms with Crippen LogP contribution < -0.4 is 0 Å². The Balaban J connectivity index is 3.32. The van der Waals surface area contributed by atoms with Crippen molar-refractivity contribution in [3.63, 3.8) is 0 Å². The van der Waals surface area contributed by atoms with Crippen LogP contribution >= 0.6 is 15.9 Å². The van der Waals surface area contributed by atoms with Crippen molar-refractivity contribution in [1.29, 1.82) is 0 Å². The van der Waals surface area contributed by atoms with Gasteiger partial charge < -0.3 is 5.11 Å². The van der Waals surface area contributed by atoms with Gasteiger partial charge >= 0.3 is 0 Å². The predicted molar refractivity (Wildman–Crippen MR) is 68.9 cm³/mol. The minimum atomic E-state index is -0.139. The van der Waals surface area contributed by atoms with Crippen LogP contribution in [0, 0.1) is 0 Å². The molecule has 0 atom stereocenters. The van der Waals surface area contributed by atoms with Crippen molar-refractivity contribution in [3.8, 4) is 5.75 Å². The molecule has 0 fully saturated rings. The summed E-state index contributed by atoms with van der Waals surface area (Å²) in [5, 5.41) is 10.1. The molecule has 1 N–H and O–H groups in total. The normalized spacial score (nSPS) is 11.6. The summed E-state index contributed by atoms with van der Waals surface area (Å²) in [6.45, 7) is 7.63. The second-order valence-corrected chi connectivity index (χ2v) is 6.01. The Kier molecular flexibility index (Phi) is 3.79. The third-order valence-corrected chi connectivity index (χ3v) is 2.86. The summed E-state index contributed by atoms with van der Waals surface area (Å²) in [4.78, 5) is 11.1. The van der Waals surface area contributed by atoms with Crippen LogP contribution in [0.5, 0.6) is 5.75 Å². The third kappa shape index (κ3) is 3.08. The van der Waals surface area contributed by atoms with Gasteiger partial charge in [0.2, 0.25) is 0 Å². The highest BCUT2D eigenvalue weighted by molar-refractivity contribution is 9.10. The van der Waals surface area contributed by atoms with Gasteiger partial charge in [0.05, 0.1) is 0 Å². The van der Waals surface area contributed by atoms with Crippen LogP contribution in [0.25, 0.3) is 0 Å². The Morgan fingerprint density at radius 1 is 1.38 bits per heavy atom. The zero-order chi connectivity index (χ0) is 12.5. The molecular formula is C13H17BrO2. The number of benzene rings is 1. The van der Waals surface area contributed by atoms with Crippen molar-refractivity contribution in [3.05, 3.63) is 27.7 Å². The van der Waals surface area contributed by atoms with Crippen molar-refractivity contribution < 1.29 is 9.90 Å². The van der Waals surface area contributed by atoms with Gasteiger partial charge in [0.1, 0.15) is 11.5 Å². The highest BCUT2D eigenvalue weighted by Gasteiger charge is 2.21. The number of phenolic OH excluding ortho intramolecular Hbond substituents is 1. The first-order valence-corrected chi connectivity index (χ1v) is 6.02. The summed E-state index contributed by atoms with van der Waals surface area (Å²) >= 11 is 3.41. The molecule has 0 saturated carbocycles. The summed E-state index contributed by atoms with van der Waals surface area (Å²) < 4.78 is 0.895. The van der Waals surface area contributed by atoms with Gasteiger partial charge in [-0.1, -0.05) is 36.7 Å². The van der Waals surface area contributed by atoms with Crippen molar-refractivity contribution in [2.45, 2.75) is 39.5 Å². The fourth-order valence-corrected chi connectivity index (χ4v) is 2.14. The van der Waals surface area contributed by atoms with E-state index in [9.17, 15) is 9.90 Å². The summed E-state index contributed by atoms with van der Waals surface area (Å²) in [5.74, 6) is 0.291. The second-order valence-electron chi connectivity index (χ2n) is 5.09. The largest absolute Gasteiger partial charge is 0.507 e. The molecule has 0 radical (unpaired) electrons. The van der Waals surface area contributed by atoms with Gasteiger partial charge in [-0.2, -0.15) is 0 Å². The lowest BCUT2D eigenvalue weighted by molar-refractivity contribution is -0.116. The molecule has 2 nitrogen and oxygen atoms in total. The fraction of sp³-hybridized carbons (Fsp3) is 0.462. The van der Waals surface area contributed by atoms with Crippen LogP contribution in [0.1, 0.15) is 38.8 Å². The van der Waals surface area contributed by atoms with Gasteiger partial charge in [-0.15, -0.1) is 0 Å². The van der Waals surface area contributed by atoms with Crippen molar-refractivity contribution in [1.82, 2.24) is 0 Å². The minimum Gasteiger partial charge on any atom is -0.507 e. The molecular weight excluding hydrogens is 268 g/mol. The van der Waals surface area contributed by atoms with E-state index in [0.717, 1.165) is 10.0 Å². The molecule has 0 bridgehead atoms. The first-order chi connectivity index (χ1) is 7.21. The van der Waals surface area contributed by atoms with Gasteiger partial charge in [-0.05, 0) is 24.5 Å². The summed E-state index contributed by atoms with van der Waals surface area (Å²) in [5.41, 5.74) is 1.41. The molecule has 0 spiro atoms. The Morgan fingerprint density at radius 3 is 2.38 bits per heavy atom. The van der Waals surface area contributed by atoms with Crippen LogP contribution in [0.4, 0.5) is 0 Å². The first kappa shape index (κ1) is 13.2. The summed E-state index contributed by atoms with van der Waals surface area (Å²) in [6, 6.07) is 3.70. The monoisotopic (exact) mass is 284 g/mol. The third-order valence-electron chi connectivity index (χ3n) is 2.40. The lowest BCUT2D eigenvalue weighted by Crippen LogP contribution is -2.12. The van der Waals surface area contributed by atoms with Crippen molar-refractivity contribution in [2.75, 3.05) is 0 Å². The predicted octanol–water partition coefficient (Wildman–Crippen LogP) is 3.58. The van der Waals surface area contributed by atoms with Gasteiger partial charge in [0.15, 0.2) is 0 Å². The van der Waals surface area contributed by atoms with Gasteiger partial charge in [0.25, 0.3) is 0 Å². The van der Waals surface area contributed by atoms with E-state index in [1.165, 1.54) is 6.92 Å². The Morgan fingerprint density at radius 2 is 1.94 bits per heavy atom. The maximum absolute atomic E-state index is 11.1. The number of hydrogen-bond acceptors (Lipinski definition) is 2. The number of phenols is 1. The smallest absolute Gasteiger partial charge is 0.134 e. The SMILES string of the molecule is CC(=O)Cc1cc(Br)cc(C(C)(C)C)c1O. The number of rotatable bonds is 2. The highest BCUT2D eigenvalue weighted by atomic mass is 79.9. The van der Waals surface area contributed by atoms with Gasteiger partial charge in [-0.25, -0.2) is 0 Å². The van der Waals surface area contributed by atoms with Gasteiger partial charge in [0, 0.05) is 22.0 Å². The van der Waals surface area contributed by atoms with Crippen molar-refractivity contribution in [2.24, 2.45) is 0 Å². The molecule has 0 aromatic heterocycles. The minimum absolute atomic E-state index is 0.0493. The molecule has 0 unspecified atom stereocenters. The van der Waals surface area contributed by atoms with Crippen LogP contribution in [0.3, 0.4) is 0 Å². The molecule has 3 heteroatoms. The molecule has 0 saturated heterocycles. The highest BCUT2D eigenvalue weighted by Crippen LogP contribution is 2.36. The zero-order valence-electron chi connectivity index (χ0n) is 10.1. The Hall–Kier alpha value is -0.830. The lowest BCUT2D eigenvalue weighted by Gasteiger charge is -2.22. The Labute approximate surface area is 105 Å². The van der Waals surface area contributed by atoms with E-state index in [-0.39, 0.29) is 23.4 Å². The van der Waals surface area contributed by atoms with Crippen LogP contribution in [-0.2, 0) is 16.6 Å². The fourth-order valence-electron chi connectivity index (χ4n) is 1.63. The van der Waals surface area contributed by atoms with Gasteiger partial charge in [-0.3, -0.25) is 4.79 Å². The van der Waals surface area contributed by atoms with E-state index < -0.39 is 0 Å². The number of aromatic hydroxyl groups is 1. The molecule has 0 aliphatic heterocycles. The van der Waals surface area contributed by atoms with E-state index in [0.29, 0.717) is 5.56 Å². The number of halogens is 1. The Bertz CT molecular complexity index is 417. The topological polar surface area (TPSA) is 37.3 Å². The van der Waals surface area contributed by atoms with Crippen molar-refractivity contribution >= 4 is 21.7 Å². The van der Waals surface area contributed by atoms with E-state index in [2.05, 4.69) is 15.9 Å². The van der Waals surface area contributed by atoms with E-state index in [1.807, 2.05) is 26.8 Å². The van der Waals surface area contributed by atoms with Crippen LogP contribution in [0.15, 0.2) is 16.6 Å². The van der Waals surface area contributed by atoms with E-state index in [1.54, 1.807) is 6.07 Å². The zero-order valence-corrected chi connectivity index (χ0v) is 11.7. The maximum Gasteiger partial charge on any atom is 0.134 e. The standard InChI is InChI=1S/C13H17BrO2/c1-8(15)5-9-6-10(14)7-11(12(9)16)13(2,3)4/h6-7,16H,5H2,1-4H3.